The van der Waals surface area contributed by atoms with Gasteiger partial charge in [0.15, 0.2) is 0 Å². The first-order valence-corrected chi connectivity index (χ1v) is 4.93. The lowest BCUT2D eigenvalue weighted by atomic mass is 9.95. The molecule has 4 N–H and O–H groups in total. The van der Waals surface area contributed by atoms with Crippen molar-refractivity contribution < 1.29 is 0 Å². The van der Waals surface area contributed by atoms with E-state index in [0.29, 0.717) is 5.92 Å². The predicted octanol–water partition coefficient (Wildman–Crippen LogP) is 2.51. The maximum atomic E-state index is 5.94. The van der Waals surface area contributed by atoms with Crippen LogP contribution in [0.15, 0.2) is 18.2 Å². The van der Waals surface area contributed by atoms with Crippen molar-refractivity contribution in [1.82, 2.24) is 0 Å². The van der Waals surface area contributed by atoms with Gasteiger partial charge in [-0.3, -0.25) is 0 Å². The number of benzene rings is 1. The van der Waals surface area contributed by atoms with Gasteiger partial charge in [-0.15, -0.1) is 0 Å². The summed E-state index contributed by atoms with van der Waals surface area (Å²) < 4.78 is 0. The SMILES string of the molecule is Nc1cccc(C2CCCC2)c1N. The van der Waals surface area contributed by atoms with E-state index in [4.69, 9.17) is 11.5 Å². The molecule has 0 unspecified atom stereocenters. The van der Waals surface area contributed by atoms with Gasteiger partial charge in [0.25, 0.3) is 0 Å². The fraction of sp³-hybridized carbons (Fsp3) is 0.455. The highest BCUT2D eigenvalue weighted by molar-refractivity contribution is 5.68. The molecule has 0 radical (unpaired) electrons. The highest BCUT2D eigenvalue weighted by atomic mass is 14.7. The Hall–Kier alpha value is -1.18. The molecule has 13 heavy (non-hydrogen) atoms. The number of nitrogen functional groups attached to an aromatic ring is 2. The van der Waals surface area contributed by atoms with Gasteiger partial charge in [0, 0.05) is 0 Å². The van der Waals surface area contributed by atoms with Crippen molar-refractivity contribution in [1.29, 1.82) is 0 Å². The van der Waals surface area contributed by atoms with Crippen molar-refractivity contribution in [2.45, 2.75) is 31.6 Å². The second kappa shape index (κ2) is 3.29. The Balaban J connectivity index is 2.33. The van der Waals surface area contributed by atoms with Gasteiger partial charge < -0.3 is 11.5 Å². The number of rotatable bonds is 1. The molecule has 2 nitrogen and oxygen atoms in total. The van der Waals surface area contributed by atoms with Crippen molar-refractivity contribution in [2.24, 2.45) is 0 Å². The molecule has 1 saturated carbocycles. The zero-order chi connectivity index (χ0) is 9.26. The van der Waals surface area contributed by atoms with Crippen LogP contribution in [0.4, 0.5) is 11.4 Å². The minimum Gasteiger partial charge on any atom is -0.397 e. The monoisotopic (exact) mass is 176 g/mol. The second-order valence-electron chi connectivity index (χ2n) is 3.83. The number of hydrogen-bond acceptors (Lipinski definition) is 2. The summed E-state index contributed by atoms with van der Waals surface area (Å²) in [5.41, 5.74) is 14.5. The van der Waals surface area contributed by atoms with Crippen molar-refractivity contribution in [3.05, 3.63) is 23.8 Å². The summed E-state index contributed by atoms with van der Waals surface area (Å²) in [6.45, 7) is 0. The predicted molar refractivity (Wildman–Crippen MR) is 56.5 cm³/mol. The Morgan fingerprint density at radius 3 is 2.46 bits per heavy atom. The Morgan fingerprint density at radius 2 is 1.77 bits per heavy atom. The summed E-state index contributed by atoms with van der Waals surface area (Å²) in [5, 5.41) is 0. The molecule has 1 aromatic carbocycles. The average Bonchev–Trinajstić information content (AvgIpc) is 2.62. The Morgan fingerprint density at radius 1 is 1.08 bits per heavy atom. The zero-order valence-corrected chi connectivity index (χ0v) is 7.79. The Labute approximate surface area is 78.9 Å². The minimum atomic E-state index is 0.656. The van der Waals surface area contributed by atoms with E-state index in [9.17, 15) is 0 Å². The summed E-state index contributed by atoms with van der Waals surface area (Å²) in [6.07, 6.45) is 5.21. The summed E-state index contributed by atoms with van der Waals surface area (Å²) in [4.78, 5) is 0. The highest BCUT2D eigenvalue weighted by Gasteiger charge is 2.19. The van der Waals surface area contributed by atoms with Crippen LogP contribution in [0.1, 0.15) is 37.2 Å². The van der Waals surface area contributed by atoms with Gasteiger partial charge in [0.05, 0.1) is 11.4 Å². The molecule has 0 bridgehead atoms. The standard InChI is InChI=1S/C11H16N2/c12-10-7-3-6-9(11(10)13)8-4-1-2-5-8/h3,6-8H,1-2,4-5,12-13H2. The first-order chi connectivity index (χ1) is 6.29. The van der Waals surface area contributed by atoms with Crippen LogP contribution in [0.5, 0.6) is 0 Å². The summed E-state index contributed by atoms with van der Waals surface area (Å²) in [7, 11) is 0. The van der Waals surface area contributed by atoms with Crippen LogP contribution in [0.3, 0.4) is 0 Å². The van der Waals surface area contributed by atoms with Gasteiger partial charge >= 0.3 is 0 Å². The third-order valence-corrected chi connectivity index (χ3v) is 2.97. The molecule has 0 spiro atoms. The van der Waals surface area contributed by atoms with Crippen molar-refractivity contribution in [2.75, 3.05) is 11.5 Å². The molecule has 0 atom stereocenters. The van der Waals surface area contributed by atoms with Crippen LogP contribution in [-0.4, -0.2) is 0 Å². The van der Waals surface area contributed by atoms with Crippen LogP contribution >= 0.6 is 0 Å². The number of nitrogens with two attached hydrogens (primary N) is 2. The van der Waals surface area contributed by atoms with Gasteiger partial charge in [-0.1, -0.05) is 25.0 Å². The lowest BCUT2D eigenvalue weighted by Gasteiger charge is -2.13. The van der Waals surface area contributed by atoms with Crippen LogP contribution in [0, 0.1) is 0 Å². The fourth-order valence-electron chi connectivity index (χ4n) is 2.19. The van der Waals surface area contributed by atoms with Gasteiger partial charge in [-0.05, 0) is 30.4 Å². The van der Waals surface area contributed by atoms with Gasteiger partial charge in [-0.2, -0.15) is 0 Å². The molecule has 1 aromatic rings. The van der Waals surface area contributed by atoms with Crippen molar-refractivity contribution >= 4 is 11.4 Å². The van der Waals surface area contributed by atoms with E-state index in [2.05, 4.69) is 6.07 Å². The third kappa shape index (κ3) is 1.48. The van der Waals surface area contributed by atoms with Crippen LogP contribution in [-0.2, 0) is 0 Å². The number of hydrogen-bond donors (Lipinski definition) is 2. The van der Waals surface area contributed by atoms with Gasteiger partial charge in [-0.25, -0.2) is 0 Å². The van der Waals surface area contributed by atoms with Crippen LogP contribution in [0.2, 0.25) is 0 Å². The number of para-hydroxylation sites is 1. The van der Waals surface area contributed by atoms with Crippen LogP contribution in [0.25, 0.3) is 0 Å². The minimum absolute atomic E-state index is 0.656. The Kier molecular flexibility index (Phi) is 2.13. The van der Waals surface area contributed by atoms with E-state index in [0.717, 1.165) is 11.4 Å². The van der Waals surface area contributed by atoms with E-state index < -0.39 is 0 Å². The summed E-state index contributed by atoms with van der Waals surface area (Å²) >= 11 is 0. The quantitative estimate of drug-likeness (QED) is 0.646. The molecule has 0 aromatic heterocycles. The summed E-state index contributed by atoms with van der Waals surface area (Å²) in [5.74, 6) is 0.656. The molecule has 2 rings (SSSR count). The first kappa shape index (κ1) is 8.42. The van der Waals surface area contributed by atoms with Gasteiger partial charge in [0.1, 0.15) is 0 Å². The maximum absolute atomic E-state index is 5.94. The lowest BCUT2D eigenvalue weighted by molar-refractivity contribution is 0.726. The molecule has 0 aliphatic heterocycles. The molecular weight excluding hydrogens is 160 g/mol. The van der Waals surface area contributed by atoms with Gasteiger partial charge in [0.2, 0.25) is 0 Å². The Bertz CT molecular complexity index is 301. The zero-order valence-electron chi connectivity index (χ0n) is 7.79. The fourth-order valence-corrected chi connectivity index (χ4v) is 2.19. The number of anilines is 2. The molecule has 2 heteroatoms. The second-order valence-corrected chi connectivity index (χ2v) is 3.83. The van der Waals surface area contributed by atoms with E-state index in [1.165, 1.54) is 31.2 Å². The van der Waals surface area contributed by atoms with Crippen LogP contribution < -0.4 is 11.5 Å². The normalized spacial score (nSPS) is 17.8. The molecule has 0 saturated heterocycles. The molecule has 0 heterocycles. The van der Waals surface area contributed by atoms with E-state index in [1.807, 2.05) is 12.1 Å². The smallest absolute Gasteiger partial charge is 0.0583 e. The molecule has 70 valence electrons. The third-order valence-electron chi connectivity index (χ3n) is 2.97. The average molecular weight is 176 g/mol. The first-order valence-electron chi connectivity index (χ1n) is 4.93. The maximum Gasteiger partial charge on any atom is 0.0583 e. The molecule has 1 aliphatic rings. The largest absolute Gasteiger partial charge is 0.397 e. The van der Waals surface area contributed by atoms with E-state index >= 15 is 0 Å². The van der Waals surface area contributed by atoms with E-state index in [-0.39, 0.29) is 0 Å². The lowest BCUT2D eigenvalue weighted by Crippen LogP contribution is -2.02. The van der Waals surface area contributed by atoms with Crippen molar-refractivity contribution in [3.63, 3.8) is 0 Å². The highest BCUT2D eigenvalue weighted by Crippen LogP contribution is 2.38. The molecule has 0 amide bonds. The topological polar surface area (TPSA) is 52.0 Å². The molecular formula is C11H16N2. The molecule has 1 aliphatic carbocycles. The molecule has 1 fully saturated rings. The van der Waals surface area contributed by atoms with Crippen molar-refractivity contribution in [3.8, 4) is 0 Å². The van der Waals surface area contributed by atoms with E-state index in [1.54, 1.807) is 0 Å². The summed E-state index contributed by atoms with van der Waals surface area (Å²) in [6, 6.07) is 5.98.